The third-order valence-corrected chi connectivity index (χ3v) is 5.06. The quantitative estimate of drug-likeness (QED) is 0.785. The number of carbonyl (C=O) groups is 2. The lowest BCUT2D eigenvalue weighted by atomic mass is 10.1. The number of amides is 2. The highest BCUT2D eigenvalue weighted by molar-refractivity contribution is 5.82. The number of nitrogens with zero attached hydrogens (tertiary/aromatic N) is 2. The molecule has 3 rings (SSSR count). The van der Waals surface area contributed by atoms with Gasteiger partial charge in [-0.3, -0.25) is 9.59 Å². The second-order valence-electron chi connectivity index (χ2n) is 7.22. The second-order valence-corrected chi connectivity index (χ2v) is 7.22. The number of benzene rings is 1. The van der Waals surface area contributed by atoms with Gasteiger partial charge in [-0.2, -0.15) is 5.10 Å². The molecule has 144 valence electrons. The molecule has 1 heterocycles. The topological polar surface area (TPSA) is 76.0 Å². The van der Waals surface area contributed by atoms with E-state index in [0.29, 0.717) is 12.5 Å². The van der Waals surface area contributed by atoms with Crippen molar-refractivity contribution >= 4 is 11.8 Å². The van der Waals surface area contributed by atoms with Crippen LogP contribution in [-0.2, 0) is 9.59 Å². The maximum Gasteiger partial charge on any atom is 0.223 e. The summed E-state index contributed by atoms with van der Waals surface area (Å²) in [5, 5.41) is 10.1. The van der Waals surface area contributed by atoms with Crippen LogP contribution in [-0.4, -0.2) is 28.1 Å². The van der Waals surface area contributed by atoms with Crippen molar-refractivity contribution in [3.05, 3.63) is 47.5 Å². The highest BCUT2D eigenvalue weighted by Gasteiger charge is 2.38. The number of carbonyl (C=O) groups excluding carboxylic acids is 2. The second kappa shape index (κ2) is 7.90. The molecule has 1 saturated carbocycles. The van der Waals surface area contributed by atoms with Crippen LogP contribution in [0.15, 0.2) is 30.5 Å². The Morgan fingerprint density at radius 1 is 1.33 bits per heavy atom. The molecule has 0 radical (unpaired) electrons. The van der Waals surface area contributed by atoms with Crippen LogP contribution in [0, 0.1) is 24.6 Å². The average molecular weight is 372 g/mol. The fourth-order valence-corrected chi connectivity index (χ4v) is 3.20. The molecule has 1 aromatic heterocycles. The summed E-state index contributed by atoms with van der Waals surface area (Å²) in [5.74, 6) is 0.194. The zero-order chi connectivity index (χ0) is 19.6. The Kier molecular flexibility index (Phi) is 5.58. The van der Waals surface area contributed by atoms with Crippen molar-refractivity contribution in [1.82, 2.24) is 20.4 Å². The lowest BCUT2D eigenvalue weighted by molar-refractivity contribution is -0.123. The first-order valence-electron chi connectivity index (χ1n) is 9.24. The van der Waals surface area contributed by atoms with E-state index in [1.807, 2.05) is 20.8 Å². The van der Waals surface area contributed by atoms with Crippen molar-refractivity contribution in [2.75, 3.05) is 6.54 Å². The highest BCUT2D eigenvalue weighted by Crippen LogP contribution is 2.37. The van der Waals surface area contributed by atoms with Crippen molar-refractivity contribution in [2.45, 2.75) is 39.7 Å². The summed E-state index contributed by atoms with van der Waals surface area (Å²) in [6, 6.07) is 5.87. The van der Waals surface area contributed by atoms with E-state index in [4.69, 9.17) is 0 Å². The lowest BCUT2D eigenvalue weighted by Crippen LogP contribution is -2.33. The molecule has 27 heavy (non-hydrogen) atoms. The molecule has 1 aromatic carbocycles. The molecule has 6 nitrogen and oxygen atoms in total. The van der Waals surface area contributed by atoms with E-state index >= 15 is 0 Å². The molecular formula is C20H25FN4O2. The van der Waals surface area contributed by atoms with E-state index in [-0.39, 0.29) is 36.0 Å². The van der Waals surface area contributed by atoms with Gasteiger partial charge in [0.15, 0.2) is 0 Å². The fourth-order valence-electron chi connectivity index (χ4n) is 3.20. The molecule has 1 aliphatic carbocycles. The first kappa shape index (κ1) is 19.1. The SMILES string of the molecule is Cc1c([C@H](C)NC(=O)CCNC(=O)[C@H]2C[C@@H]2C)cnn1-c1ccc(F)cc1. The average Bonchev–Trinajstić information content (AvgIpc) is 3.23. The van der Waals surface area contributed by atoms with Gasteiger partial charge in [0.1, 0.15) is 5.82 Å². The van der Waals surface area contributed by atoms with Crippen LogP contribution >= 0.6 is 0 Å². The summed E-state index contributed by atoms with van der Waals surface area (Å²) in [7, 11) is 0. The fraction of sp³-hybridized carbons (Fsp3) is 0.450. The Bertz CT molecular complexity index is 831. The Hall–Kier alpha value is -2.70. The predicted molar refractivity (Wildman–Crippen MR) is 99.7 cm³/mol. The third-order valence-electron chi connectivity index (χ3n) is 5.06. The Morgan fingerprint density at radius 3 is 2.63 bits per heavy atom. The minimum absolute atomic E-state index is 0.0415. The van der Waals surface area contributed by atoms with Gasteiger partial charge < -0.3 is 10.6 Å². The van der Waals surface area contributed by atoms with E-state index in [0.717, 1.165) is 23.4 Å². The van der Waals surface area contributed by atoms with Gasteiger partial charge in [-0.05, 0) is 50.5 Å². The molecule has 0 bridgehead atoms. The molecule has 2 aromatic rings. The van der Waals surface area contributed by atoms with Gasteiger partial charge in [0.05, 0.1) is 17.9 Å². The number of aromatic nitrogens is 2. The monoisotopic (exact) mass is 372 g/mol. The molecule has 0 aliphatic heterocycles. The van der Waals surface area contributed by atoms with Crippen LogP contribution in [0.1, 0.15) is 44.0 Å². The lowest BCUT2D eigenvalue weighted by Gasteiger charge is -2.14. The number of rotatable bonds is 7. The molecule has 0 saturated heterocycles. The van der Waals surface area contributed by atoms with Crippen LogP contribution in [0.5, 0.6) is 0 Å². The molecule has 2 N–H and O–H groups in total. The molecule has 1 aliphatic rings. The zero-order valence-electron chi connectivity index (χ0n) is 15.8. The van der Waals surface area contributed by atoms with Gasteiger partial charge in [-0.25, -0.2) is 9.07 Å². The molecule has 2 amide bonds. The highest BCUT2D eigenvalue weighted by atomic mass is 19.1. The molecule has 0 unspecified atom stereocenters. The number of halogens is 1. The van der Waals surface area contributed by atoms with Crippen LogP contribution in [0.25, 0.3) is 5.69 Å². The minimum Gasteiger partial charge on any atom is -0.355 e. The summed E-state index contributed by atoms with van der Waals surface area (Å²) in [6.07, 6.45) is 2.88. The van der Waals surface area contributed by atoms with E-state index < -0.39 is 0 Å². The zero-order valence-corrected chi connectivity index (χ0v) is 15.8. The van der Waals surface area contributed by atoms with Gasteiger partial charge in [0.25, 0.3) is 0 Å². The first-order chi connectivity index (χ1) is 12.9. The smallest absolute Gasteiger partial charge is 0.223 e. The molecule has 1 fully saturated rings. The number of hydrogen-bond acceptors (Lipinski definition) is 3. The summed E-state index contributed by atoms with van der Waals surface area (Å²) >= 11 is 0. The largest absolute Gasteiger partial charge is 0.355 e. The maximum atomic E-state index is 13.1. The Morgan fingerprint density at radius 2 is 2.00 bits per heavy atom. The van der Waals surface area contributed by atoms with E-state index in [9.17, 15) is 14.0 Å². The van der Waals surface area contributed by atoms with Gasteiger partial charge in [-0.1, -0.05) is 6.92 Å². The Balaban J connectivity index is 1.53. The van der Waals surface area contributed by atoms with Crippen molar-refractivity contribution in [2.24, 2.45) is 11.8 Å². The van der Waals surface area contributed by atoms with E-state index in [1.165, 1.54) is 12.1 Å². The van der Waals surface area contributed by atoms with Crippen LogP contribution in [0.2, 0.25) is 0 Å². The molecule has 3 atom stereocenters. The predicted octanol–water partition coefficient (Wildman–Crippen LogP) is 2.66. The number of hydrogen-bond donors (Lipinski definition) is 2. The van der Waals surface area contributed by atoms with Gasteiger partial charge in [0, 0.05) is 30.1 Å². The van der Waals surface area contributed by atoms with Crippen molar-refractivity contribution in [3.63, 3.8) is 0 Å². The van der Waals surface area contributed by atoms with E-state index in [1.54, 1.807) is 23.0 Å². The Labute approximate surface area is 158 Å². The first-order valence-corrected chi connectivity index (χ1v) is 9.24. The standard InChI is InChI=1S/C20H25FN4O2/c1-12-10-17(12)20(27)22-9-8-19(26)24-13(2)18-11-23-25(14(18)3)16-6-4-15(21)5-7-16/h4-7,11-13,17H,8-10H2,1-3H3,(H,22,27)(H,24,26)/t12-,13-,17-/m0/s1. The summed E-state index contributed by atoms with van der Waals surface area (Å²) in [5.41, 5.74) is 2.53. The summed E-state index contributed by atoms with van der Waals surface area (Å²) < 4.78 is 14.8. The number of nitrogens with one attached hydrogen (secondary N) is 2. The maximum absolute atomic E-state index is 13.1. The summed E-state index contributed by atoms with van der Waals surface area (Å²) in [6.45, 7) is 6.19. The van der Waals surface area contributed by atoms with Crippen molar-refractivity contribution in [3.8, 4) is 5.69 Å². The van der Waals surface area contributed by atoms with Gasteiger partial charge in [0.2, 0.25) is 11.8 Å². The van der Waals surface area contributed by atoms with Crippen LogP contribution in [0.4, 0.5) is 4.39 Å². The third kappa shape index (κ3) is 4.53. The molecular weight excluding hydrogens is 347 g/mol. The van der Waals surface area contributed by atoms with Gasteiger partial charge in [-0.15, -0.1) is 0 Å². The van der Waals surface area contributed by atoms with Gasteiger partial charge >= 0.3 is 0 Å². The van der Waals surface area contributed by atoms with Crippen molar-refractivity contribution < 1.29 is 14.0 Å². The van der Waals surface area contributed by atoms with Crippen molar-refractivity contribution in [1.29, 1.82) is 0 Å². The van der Waals surface area contributed by atoms with E-state index in [2.05, 4.69) is 15.7 Å². The van der Waals surface area contributed by atoms with Crippen LogP contribution in [0.3, 0.4) is 0 Å². The normalized spacial score (nSPS) is 19.4. The molecule has 0 spiro atoms. The van der Waals surface area contributed by atoms with Crippen LogP contribution < -0.4 is 10.6 Å². The minimum atomic E-state index is -0.298. The molecule has 7 heteroatoms. The summed E-state index contributed by atoms with van der Waals surface area (Å²) in [4.78, 5) is 23.9.